The number of methoxy groups -OCH3 is 1. The van der Waals surface area contributed by atoms with Crippen molar-refractivity contribution in [2.24, 2.45) is 5.92 Å². The maximum absolute atomic E-state index is 14.0. The molecule has 202 valence electrons. The van der Waals surface area contributed by atoms with Gasteiger partial charge in [0, 0.05) is 6.42 Å². The van der Waals surface area contributed by atoms with Gasteiger partial charge in [-0.05, 0) is 13.3 Å². The van der Waals surface area contributed by atoms with Crippen LogP contribution in [0.3, 0.4) is 0 Å². The number of rotatable bonds is 12. The summed E-state index contributed by atoms with van der Waals surface area (Å²) in [5.74, 6) is 0.926. The van der Waals surface area contributed by atoms with E-state index in [1.54, 1.807) is 6.92 Å². The van der Waals surface area contributed by atoms with Gasteiger partial charge in [-0.1, -0.05) is 51.4 Å². The number of halogens is 1. The van der Waals surface area contributed by atoms with Crippen LogP contribution in [0.2, 0.25) is 0 Å². The van der Waals surface area contributed by atoms with E-state index in [0.717, 1.165) is 32.1 Å². The fourth-order valence-electron chi connectivity index (χ4n) is 4.72. The summed E-state index contributed by atoms with van der Waals surface area (Å²) >= 11 is 0. The molecule has 0 spiro atoms. The molecule has 1 unspecified atom stereocenters. The molecule has 0 radical (unpaired) electrons. The lowest BCUT2D eigenvalue weighted by Gasteiger charge is -2.34. The van der Waals surface area contributed by atoms with Gasteiger partial charge in [0.05, 0.1) is 20.0 Å². The van der Waals surface area contributed by atoms with Gasteiger partial charge < -0.3 is 24.7 Å². The van der Waals surface area contributed by atoms with Crippen LogP contribution < -0.4 is 5.73 Å². The summed E-state index contributed by atoms with van der Waals surface area (Å²) in [4.78, 5) is 36.8. The van der Waals surface area contributed by atoms with Crippen LogP contribution in [0.25, 0.3) is 11.2 Å². The lowest BCUT2D eigenvalue weighted by atomic mass is 9.80. The number of anilines is 1. The Hall–Kier alpha value is -3.46. The maximum atomic E-state index is 14.0. The monoisotopic (exact) mass is 519 g/mol. The SMILES string of the molecule is C#C[C@@]1(C(CCCCCCCC)C(=O)OC)O[C@@H](n2cnc3c(N)nc(F)nc32)C[C@@H]1OC(=O)OCC. The van der Waals surface area contributed by atoms with E-state index >= 15 is 0 Å². The van der Waals surface area contributed by atoms with Gasteiger partial charge in [-0.3, -0.25) is 9.36 Å². The van der Waals surface area contributed by atoms with Gasteiger partial charge >= 0.3 is 18.2 Å². The Bertz CT molecular complexity index is 1130. The van der Waals surface area contributed by atoms with E-state index in [9.17, 15) is 14.0 Å². The molecule has 3 rings (SSSR count). The zero-order chi connectivity index (χ0) is 27.0. The molecule has 0 amide bonds. The average Bonchev–Trinajstić information content (AvgIpc) is 3.45. The standard InChI is InChI=1S/C25H34FN5O6/c1-5-8-9-10-11-12-13-16(22(32)34-4)25(6-2)17(36-24(33)35-7-3)14-18(37-25)31-15-28-19-20(27)29-23(26)30-21(19)31/h2,15-18H,5,7-14H2,1,3-4H3,(H2,27,29,30)/t16?,17-,18+,25-/m0/s1. The summed E-state index contributed by atoms with van der Waals surface area (Å²) in [5.41, 5.74) is 4.35. The van der Waals surface area contributed by atoms with Gasteiger partial charge in [0.2, 0.25) is 0 Å². The lowest BCUT2D eigenvalue weighted by molar-refractivity contribution is -0.164. The zero-order valence-electron chi connectivity index (χ0n) is 21.4. The van der Waals surface area contributed by atoms with Crippen molar-refractivity contribution >= 4 is 29.1 Å². The van der Waals surface area contributed by atoms with Gasteiger partial charge in [-0.15, -0.1) is 6.42 Å². The number of esters is 1. The van der Waals surface area contributed by atoms with E-state index in [1.807, 2.05) is 0 Å². The van der Waals surface area contributed by atoms with E-state index in [-0.39, 0.29) is 30.0 Å². The predicted octanol–water partition coefficient (Wildman–Crippen LogP) is 3.92. The third-order valence-electron chi connectivity index (χ3n) is 6.53. The Morgan fingerprint density at radius 1 is 1.30 bits per heavy atom. The summed E-state index contributed by atoms with van der Waals surface area (Å²) in [6.45, 7) is 3.86. The first-order valence-corrected chi connectivity index (χ1v) is 12.5. The second kappa shape index (κ2) is 12.7. The molecule has 0 aromatic carbocycles. The molecule has 0 bridgehead atoms. The highest BCUT2D eigenvalue weighted by Crippen LogP contribution is 2.46. The lowest BCUT2D eigenvalue weighted by Crippen LogP contribution is -2.50. The Morgan fingerprint density at radius 2 is 2.03 bits per heavy atom. The minimum Gasteiger partial charge on any atom is -0.469 e. The van der Waals surface area contributed by atoms with Gasteiger partial charge in [0.25, 0.3) is 0 Å². The number of nitrogen functional groups attached to an aromatic ring is 1. The number of imidazole rings is 1. The summed E-state index contributed by atoms with van der Waals surface area (Å²) < 4.78 is 37.3. The first kappa shape index (κ1) is 28.1. The van der Waals surface area contributed by atoms with Crippen molar-refractivity contribution < 1.29 is 32.9 Å². The van der Waals surface area contributed by atoms with Crippen molar-refractivity contribution in [2.75, 3.05) is 19.5 Å². The highest BCUT2D eigenvalue weighted by Gasteiger charge is 2.58. The largest absolute Gasteiger partial charge is 0.508 e. The van der Waals surface area contributed by atoms with Crippen molar-refractivity contribution in [3.8, 4) is 12.3 Å². The van der Waals surface area contributed by atoms with E-state index in [2.05, 4.69) is 27.8 Å². The molecular weight excluding hydrogens is 485 g/mol. The van der Waals surface area contributed by atoms with Crippen LogP contribution in [-0.2, 0) is 23.7 Å². The first-order valence-electron chi connectivity index (χ1n) is 12.5. The van der Waals surface area contributed by atoms with Crippen molar-refractivity contribution in [3.63, 3.8) is 0 Å². The molecule has 2 aromatic rings. The number of hydrogen-bond donors (Lipinski definition) is 1. The van der Waals surface area contributed by atoms with Crippen molar-refractivity contribution in [1.82, 2.24) is 19.5 Å². The molecule has 4 atom stereocenters. The Balaban J connectivity index is 1.96. The number of aromatic nitrogens is 4. The maximum Gasteiger partial charge on any atom is 0.508 e. The fourth-order valence-corrected chi connectivity index (χ4v) is 4.72. The smallest absolute Gasteiger partial charge is 0.469 e. The summed E-state index contributed by atoms with van der Waals surface area (Å²) in [7, 11) is 1.26. The van der Waals surface area contributed by atoms with Gasteiger partial charge in [0.1, 0.15) is 12.1 Å². The molecule has 3 heterocycles. The van der Waals surface area contributed by atoms with Crippen molar-refractivity contribution in [3.05, 3.63) is 12.4 Å². The van der Waals surface area contributed by atoms with Gasteiger partial charge in [-0.2, -0.15) is 14.4 Å². The molecule has 2 N–H and O–H groups in total. The third kappa shape index (κ3) is 6.10. The molecule has 37 heavy (non-hydrogen) atoms. The van der Waals surface area contributed by atoms with E-state index < -0.39 is 42.1 Å². The Labute approximate surface area is 215 Å². The Kier molecular flexibility index (Phi) is 9.63. The van der Waals surface area contributed by atoms with Crippen molar-refractivity contribution in [1.29, 1.82) is 0 Å². The highest BCUT2D eigenvalue weighted by atomic mass is 19.1. The summed E-state index contributed by atoms with van der Waals surface area (Å²) in [5, 5.41) is 0. The van der Waals surface area contributed by atoms with Crippen LogP contribution in [0.5, 0.6) is 0 Å². The summed E-state index contributed by atoms with van der Waals surface area (Å²) in [6.07, 6.45) is 9.72. The molecule has 11 nitrogen and oxygen atoms in total. The molecule has 2 aromatic heterocycles. The number of carbonyl (C=O) groups is 2. The number of nitrogens with zero attached hydrogens (tertiary/aromatic N) is 4. The molecular formula is C25H34FN5O6. The number of fused-ring (bicyclic) bond motifs is 1. The number of ether oxygens (including phenoxy) is 4. The van der Waals surface area contributed by atoms with E-state index in [4.69, 9.17) is 31.1 Å². The zero-order valence-corrected chi connectivity index (χ0v) is 21.4. The molecule has 12 heteroatoms. The molecule has 0 saturated carbocycles. The quantitative estimate of drug-likeness (QED) is 0.190. The molecule has 1 fully saturated rings. The van der Waals surface area contributed by atoms with Crippen LogP contribution in [-0.4, -0.2) is 57.1 Å². The molecule has 1 saturated heterocycles. The number of unbranched alkanes of at least 4 members (excludes halogenated alkanes) is 5. The van der Waals surface area contributed by atoms with Crippen LogP contribution in [0.1, 0.15) is 71.4 Å². The van der Waals surface area contributed by atoms with E-state index in [1.165, 1.54) is 18.0 Å². The number of carbonyl (C=O) groups excluding carboxylic acids is 2. The first-order chi connectivity index (χ1) is 17.8. The molecule has 0 aliphatic carbocycles. The normalized spacial score (nSPS) is 21.9. The van der Waals surface area contributed by atoms with Crippen LogP contribution in [0, 0.1) is 24.3 Å². The summed E-state index contributed by atoms with van der Waals surface area (Å²) in [6, 6.07) is 0. The Morgan fingerprint density at radius 3 is 2.70 bits per heavy atom. The van der Waals surface area contributed by atoms with Crippen LogP contribution in [0.15, 0.2) is 6.33 Å². The van der Waals surface area contributed by atoms with Gasteiger partial charge in [0.15, 0.2) is 28.7 Å². The second-order valence-corrected chi connectivity index (χ2v) is 8.87. The molecule has 1 aliphatic heterocycles. The predicted molar refractivity (Wildman–Crippen MR) is 131 cm³/mol. The van der Waals surface area contributed by atoms with E-state index in [0.29, 0.717) is 12.8 Å². The van der Waals surface area contributed by atoms with Crippen molar-refractivity contribution in [2.45, 2.75) is 83.1 Å². The minimum absolute atomic E-state index is 0.0179. The minimum atomic E-state index is -1.68. The highest BCUT2D eigenvalue weighted by molar-refractivity contribution is 5.81. The van der Waals surface area contributed by atoms with Gasteiger partial charge in [-0.25, -0.2) is 9.78 Å². The van der Waals surface area contributed by atoms with Crippen LogP contribution in [0.4, 0.5) is 15.0 Å². The second-order valence-electron chi connectivity index (χ2n) is 8.87. The topological polar surface area (TPSA) is 141 Å². The third-order valence-corrected chi connectivity index (χ3v) is 6.53. The average molecular weight is 520 g/mol. The number of terminal acetylenes is 1. The number of hydrogen-bond acceptors (Lipinski definition) is 10. The number of nitrogens with two attached hydrogens (primary N) is 1. The molecule has 1 aliphatic rings. The van der Waals surface area contributed by atoms with Crippen LogP contribution >= 0.6 is 0 Å². The fraction of sp³-hybridized carbons (Fsp3) is 0.640.